The molecule has 2 aromatic rings. The zero-order valence-electron chi connectivity index (χ0n) is 12.5. The summed E-state index contributed by atoms with van der Waals surface area (Å²) in [4.78, 5) is 2.13. The van der Waals surface area contributed by atoms with Crippen LogP contribution in [0, 0.1) is 0 Å². The number of benzene rings is 2. The summed E-state index contributed by atoms with van der Waals surface area (Å²) in [5.41, 5.74) is 2.08. The maximum absolute atomic E-state index is 6.37. The van der Waals surface area contributed by atoms with Crippen LogP contribution in [0.3, 0.4) is 0 Å². The molecule has 110 valence electrons. The van der Waals surface area contributed by atoms with Crippen LogP contribution in [0.4, 0.5) is 0 Å². The van der Waals surface area contributed by atoms with E-state index in [1.54, 1.807) is 0 Å². The fourth-order valence-corrected chi connectivity index (χ4v) is 2.79. The van der Waals surface area contributed by atoms with Gasteiger partial charge in [-0.15, -0.1) is 0 Å². The summed E-state index contributed by atoms with van der Waals surface area (Å²) < 4.78 is 12.5. The summed E-state index contributed by atoms with van der Waals surface area (Å²) in [5, 5.41) is 0. The molecule has 3 rings (SSSR count). The lowest BCUT2D eigenvalue weighted by Gasteiger charge is -2.29. The third-order valence-corrected chi connectivity index (χ3v) is 3.68. The van der Waals surface area contributed by atoms with Gasteiger partial charge in [-0.1, -0.05) is 60.7 Å². The summed E-state index contributed by atoms with van der Waals surface area (Å²) in [6.07, 6.45) is 0.0698. The Hall–Kier alpha value is -1.68. The molecular formula is C18H21NO2. The minimum absolute atomic E-state index is 0.0698. The van der Waals surface area contributed by atoms with Gasteiger partial charge in [-0.3, -0.25) is 0 Å². The Morgan fingerprint density at radius 3 is 1.95 bits per heavy atom. The van der Waals surface area contributed by atoms with Crippen LogP contribution in [0.5, 0.6) is 0 Å². The second-order valence-corrected chi connectivity index (χ2v) is 5.66. The van der Waals surface area contributed by atoms with Crippen molar-refractivity contribution < 1.29 is 9.47 Å². The predicted molar refractivity (Wildman–Crippen MR) is 83.0 cm³/mol. The normalized spacial score (nSPS) is 20.8. The summed E-state index contributed by atoms with van der Waals surface area (Å²) in [7, 11) is 4.10. The second kappa shape index (κ2) is 5.98. The smallest absolute Gasteiger partial charge is 0.222 e. The topological polar surface area (TPSA) is 21.7 Å². The van der Waals surface area contributed by atoms with E-state index in [2.05, 4.69) is 29.2 Å². The third-order valence-electron chi connectivity index (χ3n) is 3.68. The van der Waals surface area contributed by atoms with Crippen LogP contribution >= 0.6 is 0 Å². The highest BCUT2D eigenvalue weighted by Crippen LogP contribution is 2.40. The third kappa shape index (κ3) is 2.86. The van der Waals surface area contributed by atoms with E-state index in [1.807, 2.05) is 50.5 Å². The van der Waals surface area contributed by atoms with Crippen LogP contribution in [0.15, 0.2) is 60.7 Å². The lowest BCUT2D eigenvalue weighted by Crippen LogP contribution is -2.32. The summed E-state index contributed by atoms with van der Waals surface area (Å²) >= 11 is 0. The molecule has 1 fully saturated rings. The Labute approximate surface area is 126 Å². The van der Waals surface area contributed by atoms with Gasteiger partial charge in [0.2, 0.25) is 5.79 Å². The van der Waals surface area contributed by atoms with E-state index in [9.17, 15) is 0 Å². The molecule has 2 aromatic carbocycles. The van der Waals surface area contributed by atoms with Crippen molar-refractivity contribution in [2.24, 2.45) is 0 Å². The van der Waals surface area contributed by atoms with Crippen molar-refractivity contribution in [1.82, 2.24) is 4.90 Å². The molecule has 1 heterocycles. The highest BCUT2D eigenvalue weighted by molar-refractivity contribution is 5.34. The Morgan fingerprint density at radius 2 is 1.48 bits per heavy atom. The van der Waals surface area contributed by atoms with Crippen LogP contribution in [0.25, 0.3) is 0 Å². The zero-order valence-corrected chi connectivity index (χ0v) is 12.5. The molecule has 1 saturated heterocycles. The monoisotopic (exact) mass is 283 g/mol. The lowest BCUT2D eigenvalue weighted by atomic mass is 9.97. The first-order chi connectivity index (χ1) is 10.2. The lowest BCUT2D eigenvalue weighted by molar-refractivity contribution is -0.143. The summed E-state index contributed by atoms with van der Waals surface area (Å²) in [5.74, 6) is -0.788. The van der Waals surface area contributed by atoms with Crippen molar-refractivity contribution in [3.05, 3.63) is 71.8 Å². The molecule has 21 heavy (non-hydrogen) atoms. The Bertz CT molecular complexity index is 529. The maximum atomic E-state index is 6.37. The van der Waals surface area contributed by atoms with Gasteiger partial charge in [0.15, 0.2) is 0 Å². The molecule has 0 N–H and O–H groups in total. The van der Waals surface area contributed by atoms with Gasteiger partial charge in [0.25, 0.3) is 0 Å². The first kappa shape index (κ1) is 14.3. The molecule has 3 heteroatoms. The van der Waals surface area contributed by atoms with Gasteiger partial charge in [-0.2, -0.15) is 0 Å². The minimum Gasteiger partial charge on any atom is -0.339 e. The number of nitrogens with zero attached hydrogens (tertiary/aromatic N) is 1. The van der Waals surface area contributed by atoms with Gasteiger partial charge >= 0.3 is 0 Å². The molecule has 0 unspecified atom stereocenters. The van der Waals surface area contributed by atoms with E-state index in [4.69, 9.17) is 9.47 Å². The number of ether oxygens (including phenoxy) is 2. The zero-order chi connectivity index (χ0) is 14.7. The molecule has 3 nitrogen and oxygen atoms in total. The molecule has 1 atom stereocenters. The van der Waals surface area contributed by atoms with Crippen LogP contribution in [-0.2, 0) is 15.3 Å². The van der Waals surface area contributed by atoms with Crippen LogP contribution in [0.1, 0.15) is 11.1 Å². The molecule has 0 spiro atoms. The van der Waals surface area contributed by atoms with E-state index < -0.39 is 5.79 Å². The van der Waals surface area contributed by atoms with Crippen molar-refractivity contribution in [1.29, 1.82) is 0 Å². The standard InChI is InChI=1S/C18H21NO2/c1-19(2)13-17-14-20-18(21-17,15-9-5-3-6-10-15)16-11-7-4-8-12-16/h3-12,17H,13-14H2,1-2H3/t17-/m1/s1. The molecule has 0 bridgehead atoms. The summed E-state index contributed by atoms with van der Waals surface area (Å²) in [6, 6.07) is 20.3. The first-order valence-corrected chi connectivity index (χ1v) is 7.28. The average Bonchev–Trinajstić information content (AvgIpc) is 2.93. The van der Waals surface area contributed by atoms with Gasteiger partial charge in [0.05, 0.1) is 12.7 Å². The minimum atomic E-state index is -0.788. The van der Waals surface area contributed by atoms with Crippen molar-refractivity contribution >= 4 is 0 Å². The van der Waals surface area contributed by atoms with Crippen molar-refractivity contribution in [3.63, 3.8) is 0 Å². The van der Waals surface area contributed by atoms with Gasteiger partial charge in [0.1, 0.15) is 0 Å². The highest BCUT2D eigenvalue weighted by Gasteiger charge is 2.44. The Kier molecular flexibility index (Phi) is 4.06. The molecule has 1 aliphatic rings. The molecule has 1 aliphatic heterocycles. The predicted octanol–water partition coefficient (Wildman–Crippen LogP) is 2.86. The van der Waals surface area contributed by atoms with Crippen LogP contribution in [0.2, 0.25) is 0 Å². The van der Waals surface area contributed by atoms with Gasteiger partial charge in [0, 0.05) is 17.7 Å². The van der Waals surface area contributed by atoms with E-state index in [0.717, 1.165) is 17.7 Å². The Morgan fingerprint density at radius 1 is 0.952 bits per heavy atom. The maximum Gasteiger partial charge on any atom is 0.222 e. The van der Waals surface area contributed by atoms with E-state index >= 15 is 0 Å². The average molecular weight is 283 g/mol. The van der Waals surface area contributed by atoms with Crippen molar-refractivity contribution in [2.75, 3.05) is 27.2 Å². The SMILES string of the molecule is CN(C)C[C@@H]1COC(c2ccccc2)(c2ccccc2)O1. The molecule has 0 saturated carbocycles. The number of rotatable bonds is 4. The van der Waals surface area contributed by atoms with Crippen molar-refractivity contribution in [3.8, 4) is 0 Å². The van der Waals surface area contributed by atoms with Crippen molar-refractivity contribution in [2.45, 2.75) is 11.9 Å². The van der Waals surface area contributed by atoms with Gasteiger partial charge in [-0.25, -0.2) is 0 Å². The van der Waals surface area contributed by atoms with Gasteiger partial charge < -0.3 is 14.4 Å². The molecule has 0 aromatic heterocycles. The molecule has 0 radical (unpaired) electrons. The second-order valence-electron chi connectivity index (χ2n) is 5.66. The van der Waals surface area contributed by atoms with E-state index in [1.165, 1.54) is 0 Å². The van der Waals surface area contributed by atoms with Crippen LogP contribution < -0.4 is 0 Å². The Balaban J connectivity index is 1.98. The highest BCUT2D eigenvalue weighted by atomic mass is 16.7. The fraction of sp³-hybridized carbons (Fsp3) is 0.333. The van der Waals surface area contributed by atoms with E-state index in [-0.39, 0.29) is 6.10 Å². The number of likely N-dealkylation sites (N-methyl/N-ethyl adjacent to an activating group) is 1. The molecule has 0 amide bonds. The number of hydrogen-bond donors (Lipinski definition) is 0. The van der Waals surface area contributed by atoms with E-state index in [0.29, 0.717) is 6.61 Å². The fourth-order valence-electron chi connectivity index (χ4n) is 2.79. The largest absolute Gasteiger partial charge is 0.339 e. The molecule has 0 aliphatic carbocycles. The quantitative estimate of drug-likeness (QED) is 0.861. The molecular weight excluding hydrogens is 262 g/mol. The first-order valence-electron chi connectivity index (χ1n) is 7.28. The van der Waals surface area contributed by atoms with Crippen LogP contribution in [-0.4, -0.2) is 38.3 Å². The van der Waals surface area contributed by atoms with Gasteiger partial charge in [-0.05, 0) is 14.1 Å². The summed E-state index contributed by atoms with van der Waals surface area (Å²) in [6.45, 7) is 1.45. The number of hydrogen-bond acceptors (Lipinski definition) is 3.